The Bertz CT molecular complexity index is 421. The van der Waals surface area contributed by atoms with E-state index in [4.69, 9.17) is 5.11 Å². The third-order valence-electron chi connectivity index (χ3n) is 2.21. The minimum Gasteiger partial charge on any atom is -0.478 e. The molecule has 0 aliphatic carbocycles. The molecule has 1 aromatic rings. The predicted octanol–water partition coefficient (Wildman–Crippen LogP) is 2.94. The van der Waals surface area contributed by atoms with Crippen molar-refractivity contribution in [1.82, 2.24) is 4.98 Å². The number of rotatable bonds is 6. The van der Waals surface area contributed by atoms with Gasteiger partial charge in [0, 0.05) is 23.8 Å². The third-order valence-corrected chi connectivity index (χ3v) is 2.64. The third kappa shape index (κ3) is 3.56. The predicted molar refractivity (Wildman–Crippen MR) is 71.6 cm³/mol. The molecule has 1 heterocycles. The summed E-state index contributed by atoms with van der Waals surface area (Å²) in [7, 11) is 0. The SMILES string of the molecule is C=CCN(CCC)c1ncc(Br)cc1C(=O)O. The molecule has 17 heavy (non-hydrogen) atoms. The van der Waals surface area contributed by atoms with Crippen LogP contribution in [-0.4, -0.2) is 29.1 Å². The van der Waals surface area contributed by atoms with Crippen molar-refractivity contribution in [1.29, 1.82) is 0 Å². The summed E-state index contributed by atoms with van der Waals surface area (Å²) in [4.78, 5) is 17.3. The molecule has 0 spiro atoms. The molecular weight excluding hydrogens is 284 g/mol. The fourth-order valence-electron chi connectivity index (χ4n) is 1.55. The number of hydrogen-bond donors (Lipinski definition) is 1. The zero-order valence-electron chi connectivity index (χ0n) is 9.69. The summed E-state index contributed by atoms with van der Waals surface area (Å²) in [5, 5.41) is 9.16. The Morgan fingerprint density at radius 1 is 1.71 bits per heavy atom. The average Bonchev–Trinajstić information content (AvgIpc) is 2.28. The van der Waals surface area contributed by atoms with E-state index in [0.717, 1.165) is 13.0 Å². The van der Waals surface area contributed by atoms with E-state index in [9.17, 15) is 4.79 Å². The summed E-state index contributed by atoms with van der Waals surface area (Å²) in [6.45, 7) is 7.05. The number of aromatic carboxylic acids is 1. The Labute approximate surface area is 109 Å². The fourth-order valence-corrected chi connectivity index (χ4v) is 1.88. The molecule has 0 aliphatic rings. The molecular formula is C12H15BrN2O2. The minimum atomic E-state index is -0.973. The van der Waals surface area contributed by atoms with Gasteiger partial charge in [-0.25, -0.2) is 9.78 Å². The van der Waals surface area contributed by atoms with Crippen molar-refractivity contribution >= 4 is 27.7 Å². The van der Waals surface area contributed by atoms with Crippen LogP contribution in [0.1, 0.15) is 23.7 Å². The van der Waals surface area contributed by atoms with Crippen LogP contribution in [0.4, 0.5) is 5.82 Å². The van der Waals surface area contributed by atoms with Crippen LogP contribution in [0.2, 0.25) is 0 Å². The quantitative estimate of drug-likeness (QED) is 0.821. The Hall–Kier alpha value is -1.36. The van der Waals surface area contributed by atoms with Gasteiger partial charge in [0.25, 0.3) is 0 Å². The highest BCUT2D eigenvalue weighted by Crippen LogP contribution is 2.21. The number of aromatic nitrogens is 1. The summed E-state index contributed by atoms with van der Waals surface area (Å²) in [6, 6.07) is 1.57. The molecule has 1 aromatic heterocycles. The van der Waals surface area contributed by atoms with Gasteiger partial charge in [-0.1, -0.05) is 13.0 Å². The van der Waals surface area contributed by atoms with E-state index in [1.165, 1.54) is 0 Å². The Morgan fingerprint density at radius 3 is 2.94 bits per heavy atom. The topological polar surface area (TPSA) is 53.4 Å². The van der Waals surface area contributed by atoms with Crippen molar-refractivity contribution in [2.45, 2.75) is 13.3 Å². The first-order chi connectivity index (χ1) is 8.10. The monoisotopic (exact) mass is 298 g/mol. The lowest BCUT2D eigenvalue weighted by atomic mass is 10.2. The largest absolute Gasteiger partial charge is 0.478 e. The van der Waals surface area contributed by atoms with Crippen LogP contribution in [0.5, 0.6) is 0 Å². The highest BCUT2D eigenvalue weighted by atomic mass is 79.9. The summed E-state index contributed by atoms with van der Waals surface area (Å²) >= 11 is 3.23. The molecule has 0 bridgehead atoms. The van der Waals surface area contributed by atoms with Crippen LogP contribution in [0, 0.1) is 0 Å². The van der Waals surface area contributed by atoms with Gasteiger partial charge in [0.15, 0.2) is 0 Å². The lowest BCUT2D eigenvalue weighted by Gasteiger charge is -2.23. The van der Waals surface area contributed by atoms with Gasteiger partial charge in [-0.15, -0.1) is 6.58 Å². The maximum absolute atomic E-state index is 11.2. The lowest BCUT2D eigenvalue weighted by molar-refractivity contribution is 0.0697. The van der Waals surface area contributed by atoms with Crippen LogP contribution < -0.4 is 4.90 Å². The number of nitrogens with zero attached hydrogens (tertiary/aromatic N) is 2. The molecule has 4 nitrogen and oxygen atoms in total. The second-order valence-electron chi connectivity index (χ2n) is 3.56. The molecule has 0 atom stereocenters. The van der Waals surface area contributed by atoms with E-state index < -0.39 is 5.97 Å². The molecule has 0 radical (unpaired) electrons. The average molecular weight is 299 g/mol. The van der Waals surface area contributed by atoms with Crippen LogP contribution >= 0.6 is 15.9 Å². The molecule has 0 amide bonds. The molecule has 1 rings (SSSR count). The summed E-state index contributed by atoms with van der Waals surface area (Å²) in [5.41, 5.74) is 0.203. The lowest BCUT2D eigenvalue weighted by Crippen LogP contribution is -2.27. The maximum Gasteiger partial charge on any atom is 0.339 e. The first kappa shape index (κ1) is 13.7. The van der Waals surface area contributed by atoms with Gasteiger partial charge in [0.1, 0.15) is 11.4 Å². The molecule has 5 heteroatoms. The van der Waals surface area contributed by atoms with Gasteiger partial charge in [0.2, 0.25) is 0 Å². The minimum absolute atomic E-state index is 0.203. The second kappa shape index (κ2) is 6.39. The highest BCUT2D eigenvalue weighted by Gasteiger charge is 2.16. The van der Waals surface area contributed by atoms with Crippen molar-refractivity contribution < 1.29 is 9.90 Å². The zero-order valence-corrected chi connectivity index (χ0v) is 11.3. The van der Waals surface area contributed by atoms with Gasteiger partial charge in [0.05, 0.1) is 0 Å². The van der Waals surface area contributed by atoms with Crippen LogP contribution in [-0.2, 0) is 0 Å². The first-order valence-corrected chi connectivity index (χ1v) is 6.14. The maximum atomic E-state index is 11.2. The van der Waals surface area contributed by atoms with Crippen LogP contribution in [0.3, 0.4) is 0 Å². The van der Waals surface area contributed by atoms with Crippen molar-refractivity contribution in [3.8, 4) is 0 Å². The molecule has 92 valence electrons. The van der Waals surface area contributed by atoms with Crippen molar-refractivity contribution in [3.05, 3.63) is 35.0 Å². The van der Waals surface area contributed by atoms with Gasteiger partial charge in [-0.3, -0.25) is 0 Å². The zero-order chi connectivity index (χ0) is 12.8. The van der Waals surface area contributed by atoms with Gasteiger partial charge in [-0.2, -0.15) is 0 Å². The number of carboxylic acids is 1. The van der Waals surface area contributed by atoms with Gasteiger partial charge >= 0.3 is 5.97 Å². The summed E-state index contributed by atoms with van der Waals surface area (Å²) in [5.74, 6) is -0.485. The Kier molecular flexibility index (Phi) is 5.15. The number of halogens is 1. The number of anilines is 1. The summed E-state index contributed by atoms with van der Waals surface area (Å²) < 4.78 is 0.661. The van der Waals surface area contributed by atoms with Crippen molar-refractivity contribution in [2.75, 3.05) is 18.0 Å². The van der Waals surface area contributed by atoms with E-state index >= 15 is 0 Å². The number of carbonyl (C=O) groups is 1. The summed E-state index contributed by atoms with van der Waals surface area (Å²) in [6.07, 6.45) is 4.27. The van der Waals surface area contributed by atoms with Crippen molar-refractivity contribution in [2.24, 2.45) is 0 Å². The fraction of sp³-hybridized carbons (Fsp3) is 0.333. The number of pyridine rings is 1. The van der Waals surface area contributed by atoms with Gasteiger partial charge < -0.3 is 10.0 Å². The molecule has 0 unspecified atom stereocenters. The van der Waals surface area contributed by atoms with E-state index in [-0.39, 0.29) is 5.56 Å². The van der Waals surface area contributed by atoms with Crippen LogP contribution in [0.15, 0.2) is 29.4 Å². The molecule has 1 N–H and O–H groups in total. The van der Waals surface area contributed by atoms with E-state index in [2.05, 4.69) is 27.5 Å². The molecule has 0 fully saturated rings. The molecule has 0 saturated heterocycles. The smallest absolute Gasteiger partial charge is 0.339 e. The molecule has 0 saturated carbocycles. The van der Waals surface area contributed by atoms with Crippen molar-refractivity contribution in [3.63, 3.8) is 0 Å². The highest BCUT2D eigenvalue weighted by molar-refractivity contribution is 9.10. The standard InChI is InChI=1S/C12H15BrN2O2/c1-3-5-15(6-4-2)11-10(12(16)17)7-9(13)8-14-11/h3,7-8H,1,4-6H2,2H3,(H,16,17). The second-order valence-corrected chi connectivity index (χ2v) is 4.48. The first-order valence-electron chi connectivity index (χ1n) is 5.34. The molecule has 0 aliphatic heterocycles. The number of hydrogen-bond acceptors (Lipinski definition) is 3. The normalized spacial score (nSPS) is 10.0. The van der Waals surface area contributed by atoms with Crippen LogP contribution in [0.25, 0.3) is 0 Å². The van der Waals surface area contributed by atoms with E-state index in [1.54, 1.807) is 18.3 Å². The van der Waals surface area contributed by atoms with E-state index in [0.29, 0.717) is 16.8 Å². The number of carboxylic acid groups (broad SMARTS) is 1. The van der Waals surface area contributed by atoms with Gasteiger partial charge in [-0.05, 0) is 28.4 Å². The molecule has 0 aromatic carbocycles. The Morgan fingerprint density at radius 2 is 2.41 bits per heavy atom. The van der Waals surface area contributed by atoms with E-state index in [1.807, 2.05) is 11.8 Å². The Balaban J connectivity index is 3.16.